The number of rotatable bonds is 7. The molecular formula is C23H28N2O5S. The molecule has 1 N–H and O–H groups in total. The third kappa shape index (κ3) is 5.32. The SMILES string of the molecule is Cc1ccc(S(=O)(=O)N2CCCC2C(=O)OCC(=O)Nc2ccccc2C(C)C)cc1. The number of benzene rings is 2. The quantitative estimate of drug-likeness (QED) is 0.661. The van der Waals surface area contributed by atoms with Crippen LogP contribution in [0.3, 0.4) is 0 Å². The molecule has 8 heteroatoms. The summed E-state index contributed by atoms with van der Waals surface area (Å²) in [4.78, 5) is 25.1. The lowest BCUT2D eigenvalue weighted by atomic mass is 10.0. The number of para-hydroxylation sites is 1. The number of nitrogens with zero attached hydrogens (tertiary/aromatic N) is 1. The molecule has 1 amide bonds. The summed E-state index contributed by atoms with van der Waals surface area (Å²) >= 11 is 0. The van der Waals surface area contributed by atoms with Gasteiger partial charge in [-0.2, -0.15) is 4.31 Å². The van der Waals surface area contributed by atoms with E-state index in [1.54, 1.807) is 18.2 Å². The van der Waals surface area contributed by atoms with Gasteiger partial charge in [-0.1, -0.05) is 49.7 Å². The molecule has 1 aliphatic heterocycles. The lowest BCUT2D eigenvalue weighted by Crippen LogP contribution is -2.42. The standard InChI is InChI=1S/C23H28N2O5S/c1-16(2)19-7-4-5-8-20(19)24-22(26)15-30-23(27)21-9-6-14-25(21)31(28,29)18-12-10-17(3)11-13-18/h4-5,7-8,10-13,16,21H,6,9,14-15H2,1-3H3,(H,24,26). The van der Waals surface area contributed by atoms with Crippen LogP contribution in [0.1, 0.15) is 43.7 Å². The molecule has 0 spiro atoms. The minimum absolute atomic E-state index is 0.140. The van der Waals surface area contributed by atoms with Crippen molar-refractivity contribution in [1.82, 2.24) is 4.31 Å². The molecule has 7 nitrogen and oxygen atoms in total. The van der Waals surface area contributed by atoms with Gasteiger partial charge in [-0.25, -0.2) is 8.42 Å². The van der Waals surface area contributed by atoms with Crippen molar-refractivity contribution < 1.29 is 22.7 Å². The van der Waals surface area contributed by atoms with Crippen molar-refractivity contribution >= 4 is 27.6 Å². The number of carbonyl (C=O) groups is 2. The van der Waals surface area contributed by atoms with Crippen molar-refractivity contribution in [3.05, 3.63) is 59.7 Å². The smallest absolute Gasteiger partial charge is 0.324 e. The fraction of sp³-hybridized carbons (Fsp3) is 0.391. The van der Waals surface area contributed by atoms with Crippen LogP contribution in [0.15, 0.2) is 53.4 Å². The zero-order chi connectivity index (χ0) is 22.6. The Morgan fingerprint density at radius 2 is 1.81 bits per heavy atom. The Kier molecular flexibility index (Phi) is 7.12. The molecule has 0 radical (unpaired) electrons. The first-order chi connectivity index (χ1) is 14.7. The van der Waals surface area contributed by atoms with E-state index in [9.17, 15) is 18.0 Å². The fourth-order valence-corrected chi connectivity index (χ4v) is 5.29. The Morgan fingerprint density at radius 3 is 2.48 bits per heavy atom. The third-order valence-corrected chi connectivity index (χ3v) is 7.23. The van der Waals surface area contributed by atoms with Gasteiger partial charge in [0.2, 0.25) is 10.0 Å². The molecule has 3 rings (SSSR count). The number of sulfonamides is 1. The van der Waals surface area contributed by atoms with Crippen LogP contribution in [-0.2, 0) is 24.3 Å². The topological polar surface area (TPSA) is 92.8 Å². The van der Waals surface area contributed by atoms with E-state index in [-0.39, 0.29) is 17.4 Å². The molecule has 0 bridgehead atoms. The summed E-state index contributed by atoms with van der Waals surface area (Å²) in [5, 5.41) is 2.76. The van der Waals surface area contributed by atoms with E-state index in [0.29, 0.717) is 18.5 Å². The molecule has 2 aromatic carbocycles. The summed E-state index contributed by atoms with van der Waals surface area (Å²) < 4.78 is 32.3. The minimum Gasteiger partial charge on any atom is -0.454 e. The van der Waals surface area contributed by atoms with Gasteiger partial charge < -0.3 is 10.1 Å². The predicted molar refractivity (Wildman–Crippen MR) is 118 cm³/mol. The molecule has 0 aliphatic carbocycles. The van der Waals surface area contributed by atoms with E-state index in [1.165, 1.54) is 16.4 Å². The monoisotopic (exact) mass is 444 g/mol. The number of esters is 1. The summed E-state index contributed by atoms with van der Waals surface area (Å²) in [5.74, 6) is -0.953. The maximum Gasteiger partial charge on any atom is 0.324 e. The Labute approximate surface area is 183 Å². The van der Waals surface area contributed by atoms with E-state index < -0.39 is 34.5 Å². The van der Waals surface area contributed by atoms with Gasteiger partial charge in [-0.15, -0.1) is 0 Å². The molecule has 1 unspecified atom stereocenters. The van der Waals surface area contributed by atoms with Crippen molar-refractivity contribution in [1.29, 1.82) is 0 Å². The molecule has 2 aromatic rings. The zero-order valence-corrected chi connectivity index (χ0v) is 18.8. The second kappa shape index (κ2) is 9.62. The van der Waals surface area contributed by atoms with Gasteiger partial charge in [0, 0.05) is 12.2 Å². The van der Waals surface area contributed by atoms with Crippen LogP contribution in [0.25, 0.3) is 0 Å². The number of nitrogens with one attached hydrogen (secondary N) is 1. The number of amides is 1. The zero-order valence-electron chi connectivity index (χ0n) is 18.0. The Balaban J connectivity index is 1.63. The first-order valence-corrected chi connectivity index (χ1v) is 11.8. The first kappa shape index (κ1) is 23.0. The van der Waals surface area contributed by atoms with Crippen molar-refractivity contribution in [2.75, 3.05) is 18.5 Å². The average Bonchev–Trinajstić information content (AvgIpc) is 3.23. The third-order valence-electron chi connectivity index (χ3n) is 5.31. The van der Waals surface area contributed by atoms with Crippen LogP contribution in [0.4, 0.5) is 5.69 Å². The van der Waals surface area contributed by atoms with Gasteiger partial charge in [0.1, 0.15) is 6.04 Å². The minimum atomic E-state index is -3.82. The van der Waals surface area contributed by atoms with Crippen molar-refractivity contribution in [3.63, 3.8) is 0 Å². The summed E-state index contributed by atoms with van der Waals surface area (Å²) in [6.45, 7) is 5.68. The Hall–Kier alpha value is -2.71. The van der Waals surface area contributed by atoms with Gasteiger partial charge in [-0.3, -0.25) is 9.59 Å². The lowest BCUT2D eigenvalue weighted by Gasteiger charge is -2.22. The largest absolute Gasteiger partial charge is 0.454 e. The molecule has 1 atom stereocenters. The molecule has 166 valence electrons. The lowest BCUT2D eigenvalue weighted by molar-refractivity contribution is -0.150. The number of ether oxygens (including phenoxy) is 1. The van der Waals surface area contributed by atoms with E-state index in [2.05, 4.69) is 5.32 Å². The van der Waals surface area contributed by atoms with Gasteiger partial charge in [0.25, 0.3) is 5.91 Å². The van der Waals surface area contributed by atoms with Crippen LogP contribution >= 0.6 is 0 Å². The average molecular weight is 445 g/mol. The molecule has 1 heterocycles. The molecule has 1 aliphatic rings. The fourth-order valence-electron chi connectivity index (χ4n) is 3.64. The number of carbonyl (C=O) groups excluding carboxylic acids is 2. The molecule has 31 heavy (non-hydrogen) atoms. The molecule has 1 fully saturated rings. The van der Waals surface area contributed by atoms with Crippen LogP contribution in [0, 0.1) is 6.92 Å². The van der Waals surface area contributed by atoms with Crippen molar-refractivity contribution in [2.24, 2.45) is 0 Å². The molecule has 0 saturated carbocycles. The summed E-state index contributed by atoms with van der Waals surface area (Å²) in [7, 11) is -3.82. The van der Waals surface area contributed by atoms with Crippen LogP contribution in [0.5, 0.6) is 0 Å². The van der Waals surface area contributed by atoms with Gasteiger partial charge in [0.05, 0.1) is 4.90 Å². The maximum absolute atomic E-state index is 13.0. The van der Waals surface area contributed by atoms with E-state index >= 15 is 0 Å². The first-order valence-electron chi connectivity index (χ1n) is 10.3. The molecule has 0 aromatic heterocycles. The van der Waals surface area contributed by atoms with Gasteiger partial charge >= 0.3 is 5.97 Å². The number of hydrogen-bond donors (Lipinski definition) is 1. The normalized spacial score (nSPS) is 17.0. The second-order valence-electron chi connectivity index (χ2n) is 7.98. The highest BCUT2D eigenvalue weighted by molar-refractivity contribution is 7.89. The Bertz CT molecular complexity index is 1050. The van der Waals surface area contributed by atoms with Gasteiger partial charge in [0.15, 0.2) is 6.61 Å². The number of aryl methyl sites for hydroxylation is 1. The second-order valence-corrected chi connectivity index (χ2v) is 9.88. The van der Waals surface area contributed by atoms with Crippen LogP contribution in [0.2, 0.25) is 0 Å². The van der Waals surface area contributed by atoms with Crippen LogP contribution in [-0.4, -0.2) is 43.8 Å². The predicted octanol–water partition coefficient (Wildman–Crippen LogP) is 3.45. The van der Waals surface area contributed by atoms with E-state index in [0.717, 1.165) is 11.1 Å². The van der Waals surface area contributed by atoms with Gasteiger partial charge in [-0.05, 0) is 49.4 Å². The summed E-state index contributed by atoms with van der Waals surface area (Å²) in [6.07, 6.45) is 0.917. The number of anilines is 1. The highest BCUT2D eigenvalue weighted by atomic mass is 32.2. The number of hydrogen-bond acceptors (Lipinski definition) is 5. The van der Waals surface area contributed by atoms with E-state index in [1.807, 2.05) is 39.0 Å². The molecule has 1 saturated heterocycles. The maximum atomic E-state index is 13.0. The molecular weight excluding hydrogens is 416 g/mol. The van der Waals surface area contributed by atoms with E-state index in [4.69, 9.17) is 4.74 Å². The van der Waals surface area contributed by atoms with Crippen molar-refractivity contribution in [2.45, 2.75) is 50.5 Å². The van der Waals surface area contributed by atoms with Crippen molar-refractivity contribution in [3.8, 4) is 0 Å². The highest BCUT2D eigenvalue weighted by Crippen LogP contribution is 2.27. The summed E-state index contributed by atoms with van der Waals surface area (Å²) in [6, 6.07) is 13.0. The van der Waals surface area contributed by atoms with Crippen LogP contribution < -0.4 is 5.32 Å². The summed E-state index contributed by atoms with van der Waals surface area (Å²) in [5.41, 5.74) is 2.60. The highest BCUT2D eigenvalue weighted by Gasteiger charge is 2.40. The Morgan fingerprint density at radius 1 is 1.13 bits per heavy atom.